The summed E-state index contributed by atoms with van der Waals surface area (Å²) in [5.41, 5.74) is 1.21. The van der Waals surface area contributed by atoms with E-state index in [0.717, 1.165) is 23.2 Å². The van der Waals surface area contributed by atoms with Gasteiger partial charge in [0.25, 0.3) is 0 Å². The molecule has 0 amide bonds. The van der Waals surface area contributed by atoms with Crippen LogP contribution in [0.15, 0.2) is 15.2 Å². The van der Waals surface area contributed by atoms with Crippen molar-refractivity contribution in [2.75, 3.05) is 20.2 Å². The summed E-state index contributed by atoms with van der Waals surface area (Å²) in [4.78, 5) is 13.4. The number of ether oxygens (including phenoxy) is 1. The van der Waals surface area contributed by atoms with Crippen molar-refractivity contribution in [2.24, 2.45) is 0 Å². The minimum atomic E-state index is -0.143. The Morgan fingerprint density at radius 2 is 2.35 bits per heavy atom. The highest BCUT2D eigenvalue weighted by molar-refractivity contribution is 9.11. The highest BCUT2D eigenvalue weighted by atomic mass is 79.9. The number of halogens is 1. The van der Waals surface area contributed by atoms with Gasteiger partial charge in [-0.3, -0.25) is 9.69 Å². The summed E-state index contributed by atoms with van der Waals surface area (Å²) in [7, 11) is 1.92. The summed E-state index contributed by atoms with van der Waals surface area (Å²) < 4.78 is 6.23. The Morgan fingerprint density at radius 1 is 1.59 bits per heavy atom. The van der Waals surface area contributed by atoms with E-state index < -0.39 is 0 Å². The highest BCUT2D eigenvalue weighted by Gasteiger charge is 2.08. The molecule has 0 fully saturated rings. The molecule has 0 aromatic carbocycles. The third-order valence-corrected chi connectivity index (χ3v) is 3.79. The molecule has 0 aliphatic rings. The van der Waals surface area contributed by atoms with Gasteiger partial charge in [0, 0.05) is 6.54 Å². The summed E-state index contributed by atoms with van der Waals surface area (Å²) in [6.45, 7) is 3.73. The van der Waals surface area contributed by atoms with Crippen molar-refractivity contribution in [1.82, 2.24) is 4.90 Å². The van der Waals surface area contributed by atoms with Gasteiger partial charge in [0.2, 0.25) is 0 Å². The average molecular weight is 320 g/mol. The average Bonchev–Trinajstić information content (AvgIpc) is 2.64. The molecule has 96 valence electrons. The summed E-state index contributed by atoms with van der Waals surface area (Å²) in [5, 5.41) is 2.09. The molecular formula is C12H18BrNO2S. The van der Waals surface area contributed by atoms with Crippen LogP contribution < -0.4 is 0 Å². The molecular weight excluding hydrogens is 302 g/mol. The van der Waals surface area contributed by atoms with Crippen molar-refractivity contribution in [2.45, 2.75) is 26.3 Å². The summed E-state index contributed by atoms with van der Waals surface area (Å²) in [6, 6.07) is 2.07. The number of rotatable bonds is 7. The van der Waals surface area contributed by atoms with E-state index in [1.165, 1.54) is 5.56 Å². The van der Waals surface area contributed by atoms with E-state index in [-0.39, 0.29) is 5.97 Å². The van der Waals surface area contributed by atoms with Crippen LogP contribution in [-0.4, -0.2) is 31.1 Å². The van der Waals surface area contributed by atoms with Crippen LogP contribution in [0.5, 0.6) is 0 Å². The first-order valence-electron chi connectivity index (χ1n) is 5.69. The maximum atomic E-state index is 11.5. The number of esters is 1. The van der Waals surface area contributed by atoms with Gasteiger partial charge in [-0.05, 0) is 46.4 Å². The first kappa shape index (κ1) is 14.7. The lowest BCUT2D eigenvalue weighted by Crippen LogP contribution is -2.27. The Balaban J connectivity index is 2.24. The molecule has 0 radical (unpaired) electrons. The quantitative estimate of drug-likeness (QED) is 0.570. The van der Waals surface area contributed by atoms with Gasteiger partial charge < -0.3 is 4.74 Å². The third-order valence-electron chi connectivity index (χ3n) is 2.23. The summed E-state index contributed by atoms with van der Waals surface area (Å²) in [6.07, 6.45) is 1.99. The zero-order valence-electron chi connectivity index (χ0n) is 10.2. The molecule has 0 N–H and O–H groups in total. The normalized spacial score (nSPS) is 10.8. The maximum Gasteiger partial charge on any atom is 0.320 e. The highest BCUT2D eigenvalue weighted by Crippen LogP contribution is 2.21. The second kappa shape index (κ2) is 7.84. The predicted molar refractivity (Wildman–Crippen MR) is 74.2 cm³/mol. The zero-order chi connectivity index (χ0) is 12.7. The van der Waals surface area contributed by atoms with Gasteiger partial charge in [0.15, 0.2) is 0 Å². The van der Waals surface area contributed by atoms with Crippen LogP contribution in [0.2, 0.25) is 0 Å². The molecule has 5 heteroatoms. The van der Waals surface area contributed by atoms with Crippen molar-refractivity contribution < 1.29 is 9.53 Å². The Hall–Kier alpha value is -0.390. The van der Waals surface area contributed by atoms with Gasteiger partial charge in [-0.15, -0.1) is 11.3 Å². The smallest absolute Gasteiger partial charge is 0.320 e. The molecule has 1 aromatic heterocycles. The molecule has 1 rings (SSSR count). The van der Waals surface area contributed by atoms with Crippen LogP contribution in [-0.2, 0) is 16.1 Å². The molecule has 0 saturated carbocycles. The van der Waals surface area contributed by atoms with Crippen LogP contribution in [0.3, 0.4) is 0 Å². The molecule has 0 unspecified atom stereocenters. The van der Waals surface area contributed by atoms with E-state index in [2.05, 4.69) is 34.3 Å². The van der Waals surface area contributed by atoms with Gasteiger partial charge >= 0.3 is 5.97 Å². The van der Waals surface area contributed by atoms with Crippen LogP contribution in [0.1, 0.15) is 25.3 Å². The third kappa shape index (κ3) is 6.19. The number of likely N-dealkylation sites (N-methyl/N-ethyl adjacent to an activating group) is 1. The molecule has 0 saturated heterocycles. The monoisotopic (exact) mass is 319 g/mol. The molecule has 1 heterocycles. The first-order chi connectivity index (χ1) is 8.11. The molecule has 0 spiro atoms. The van der Waals surface area contributed by atoms with Crippen molar-refractivity contribution in [3.05, 3.63) is 20.8 Å². The number of thiophene rings is 1. The fourth-order valence-corrected chi connectivity index (χ4v) is 2.59. The number of carbonyl (C=O) groups excluding carboxylic acids is 1. The molecule has 1 aromatic rings. The fourth-order valence-electron chi connectivity index (χ4n) is 1.39. The van der Waals surface area contributed by atoms with E-state index in [9.17, 15) is 4.79 Å². The second-order valence-electron chi connectivity index (χ2n) is 4.01. The Kier molecular flexibility index (Phi) is 6.77. The summed E-state index contributed by atoms with van der Waals surface area (Å²) >= 11 is 5.08. The fraction of sp³-hybridized carbons (Fsp3) is 0.583. The summed E-state index contributed by atoms with van der Waals surface area (Å²) in [5.74, 6) is -0.143. The Bertz CT molecular complexity index is 354. The molecule has 3 nitrogen and oxygen atoms in total. The van der Waals surface area contributed by atoms with E-state index in [0.29, 0.717) is 13.2 Å². The lowest BCUT2D eigenvalue weighted by molar-refractivity contribution is -0.144. The SMILES string of the molecule is CCCCOC(=O)CN(C)Cc1csc(Br)c1. The van der Waals surface area contributed by atoms with Gasteiger partial charge in [-0.2, -0.15) is 0 Å². The van der Waals surface area contributed by atoms with E-state index >= 15 is 0 Å². The van der Waals surface area contributed by atoms with Crippen molar-refractivity contribution in [3.8, 4) is 0 Å². The van der Waals surface area contributed by atoms with Crippen molar-refractivity contribution in [3.63, 3.8) is 0 Å². The maximum absolute atomic E-state index is 11.5. The van der Waals surface area contributed by atoms with Gasteiger partial charge in [0.05, 0.1) is 16.9 Å². The standard InChI is InChI=1S/C12H18BrNO2S/c1-3-4-5-16-12(15)8-14(2)7-10-6-11(13)17-9-10/h6,9H,3-5,7-8H2,1-2H3. The lowest BCUT2D eigenvalue weighted by Gasteiger charge is -2.14. The van der Waals surface area contributed by atoms with Crippen molar-refractivity contribution in [1.29, 1.82) is 0 Å². The van der Waals surface area contributed by atoms with Gasteiger partial charge in [-0.1, -0.05) is 13.3 Å². The molecule has 17 heavy (non-hydrogen) atoms. The Morgan fingerprint density at radius 3 is 2.94 bits per heavy atom. The number of carbonyl (C=O) groups is 1. The number of hydrogen-bond donors (Lipinski definition) is 0. The van der Waals surface area contributed by atoms with Gasteiger partial charge in [0.1, 0.15) is 0 Å². The zero-order valence-corrected chi connectivity index (χ0v) is 12.6. The molecule has 0 atom stereocenters. The molecule has 0 aliphatic carbocycles. The second-order valence-corrected chi connectivity index (χ2v) is 6.30. The number of hydrogen-bond acceptors (Lipinski definition) is 4. The number of unbranched alkanes of at least 4 members (excludes halogenated alkanes) is 1. The Labute approximate surface area is 115 Å². The predicted octanol–water partition coefficient (Wildman–Crippen LogP) is 3.29. The van der Waals surface area contributed by atoms with E-state index in [4.69, 9.17) is 4.74 Å². The van der Waals surface area contributed by atoms with Crippen LogP contribution in [0.4, 0.5) is 0 Å². The topological polar surface area (TPSA) is 29.5 Å². The minimum Gasteiger partial charge on any atom is -0.465 e. The minimum absolute atomic E-state index is 0.143. The molecule has 0 aliphatic heterocycles. The number of nitrogens with zero attached hydrogens (tertiary/aromatic N) is 1. The van der Waals surface area contributed by atoms with Crippen molar-refractivity contribution >= 4 is 33.2 Å². The van der Waals surface area contributed by atoms with Crippen LogP contribution >= 0.6 is 27.3 Å². The first-order valence-corrected chi connectivity index (χ1v) is 7.36. The molecule has 0 bridgehead atoms. The van der Waals surface area contributed by atoms with Gasteiger partial charge in [-0.25, -0.2) is 0 Å². The largest absolute Gasteiger partial charge is 0.465 e. The lowest BCUT2D eigenvalue weighted by atomic mass is 10.3. The van der Waals surface area contributed by atoms with E-state index in [1.54, 1.807) is 11.3 Å². The van der Waals surface area contributed by atoms with E-state index in [1.807, 2.05) is 11.9 Å². The van der Waals surface area contributed by atoms with Crippen LogP contribution in [0, 0.1) is 0 Å². The van der Waals surface area contributed by atoms with Crippen LogP contribution in [0.25, 0.3) is 0 Å².